The van der Waals surface area contributed by atoms with Gasteiger partial charge >= 0.3 is 5.97 Å². The Hall–Kier alpha value is -1.72. The van der Waals surface area contributed by atoms with Crippen LogP contribution in [-0.4, -0.2) is 31.4 Å². The number of hydrogen-bond acceptors (Lipinski definition) is 3. The minimum atomic E-state index is -1.06. The lowest BCUT2D eigenvalue weighted by Crippen LogP contribution is -2.01. The number of benzene rings is 1. The van der Waals surface area contributed by atoms with Crippen molar-refractivity contribution >= 4 is 12.0 Å². The lowest BCUT2D eigenvalue weighted by atomic mass is 10.1. The number of ether oxygens (including phenoxy) is 2. The molecule has 104 valence electrons. The van der Waals surface area contributed by atoms with Gasteiger partial charge in [-0.1, -0.05) is 12.1 Å². The largest absolute Gasteiger partial charge is 0.478 e. The van der Waals surface area contributed by atoms with Crippen LogP contribution in [0.3, 0.4) is 0 Å². The second-order valence-corrected chi connectivity index (χ2v) is 3.92. The molecule has 1 aromatic rings. The summed E-state index contributed by atoms with van der Waals surface area (Å²) in [7, 11) is 1.61. The number of aliphatic carboxylic acids is 1. The minimum Gasteiger partial charge on any atom is -0.478 e. The number of carboxylic acid groups (broad SMARTS) is 1. The van der Waals surface area contributed by atoms with Crippen LogP contribution in [0.2, 0.25) is 0 Å². The molecular weight excluding hydrogens is 251 g/mol. The van der Waals surface area contributed by atoms with Crippen molar-refractivity contribution in [3.05, 3.63) is 41.2 Å². The van der Waals surface area contributed by atoms with E-state index in [1.807, 2.05) is 0 Å². The van der Waals surface area contributed by atoms with Gasteiger partial charge in [0.2, 0.25) is 0 Å². The SMILES string of the molecule is COCCCOCc1ccc(C=CC(=O)O)cc1F. The maximum Gasteiger partial charge on any atom is 0.328 e. The van der Waals surface area contributed by atoms with Gasteiger partial charge in [-0.15, -0.1) is 0 Å². The van der Waals surface area contributed by atoms with Crippen molar-refractivity contribution in [2.45, 2.75) is 13.0 Å². The van der Waals surface area contributed by atoms with Crippen LogP contribution in [0.15, 0.2) is 24.3 Å². The summed E-state index contributed by atoms with van der Waals surface area (Å²) in [4.78, 5) is 10.3. The first-order valence-electron chi connectivity index (χ1n) is 5.89. The van der Waals surface area contributed by atoms with E-state index < -0.39 is 11.8 Å². The highest BCUT2D eigenvalue weighted by atomic mass is 19.1. The van der Waals surface area contributed by atoms with E-state index in [-0.39, 0.29) is 6.61 Å². The number of methoxy groups -OCH3 is 1. The van der Waals surface area contributed by atoms with Crippen LogP contribution < -0.4 is 0 Å². The molecule has 0 radical (unpaired) electrons. The molecule has 0 saturated carbocycles. The lowest BCUT2D eigenvalue weighted by Gasteiger charge is -2.06. The molecule has 0 aliphatic rings. The summed E-state index contributed by atoms with van der Waals surface area (Å²) in [5.41, 5.74) is 0.952. The van der Waals surface area contributed by atoms with Gasteiger partial charge in [0, 0.05) is 32.0 Å². The highest BCUT2D eigenvalue weighted by Crippen LogP contribution is 2.13. The Morgan fingerprint density at radius 1 is 1.42 bits per heavy atom. The van der Waals surface area contributed by atoms with Crippen LogP contribution >= 0.6 is 0 Å². The lowest BCUT2D eigenvalue weighted by molar-refractivity contribution is -0.131. The molecule has 0 fully saturated rings. The van der Waals surface area contributed by atoms with Crippen molar-refractivity contribution in [2.24, 2.45) is 0 Å². The van der Waals surface area contributed by atoms with Crippen molar-refractivity contribution in [3.63, 3.8) is 0 Å². The first kappa shape index (κ1) is 15.3. The van der Waals surface area contributed by atoms with Gasteiger partial charge in [-0.05, 0) is 24.1 Å². The van der Waals surface area contributed by atoms with Crippen molar-refractivity contribution in [1.29, 1.82) is 0 Å². The van der Waals surface area contributed by atoms with E-state index in [0.717, 1.165) is 12.5 Å². The van der Waals surface area contributed by atoms with Crippen LogP contribution in [0.4, 0.5) is 4.39 Å². The van der Waals surface area contributed by atoms with Crippen LogP contribution in [-0.2, 0) is 20.9 Å². The molecule has 0 aliphatic carbocycles. The molecule has 0 heterocycles. The Morgan fingerprint density at radius 3 is 2.84 bits per heavy atom. The van der Waals surface area contributed by atoms with Crippen molar-refractivity contribution in [2.75, 3.05) is 20.3 Å². The Bertz CT molecular complexity index is 443. The average Bonchev–Trinajstić information content (AvgIpc) is 2.38. The second-order valence-electron chi connectivity index (χ2n) is 3.92. The summed E-state index contributed by atoms with van der Waals surface area (Å²) >= 11 is 0. The maximum atomic E-state index is 13.7. The first-order chi connectivity index (χ1) is 9.13. The summed E-state index contributed by atoms with van der Waals surface area (Å²) in [5.74, 6) is -1.47. The standard InChI is InChI=1S/C14H17FO4/c1-18-7-2-8-19-10-12-5-3-11(9-13(12)15)4-6-14(16)17/h3-6,9H,2,7-8,10H2,1H3,(H,16,17). The Labute approximate surface area is 111 Å². The van der Waals surface area contributed by atoms with Gasteiger partial charge < -0.3 is 14.6 Å². The molecule has 0 unspecified atom stereocenters. The molecule has 0 aromatic heterocycles. The topological polar surface area (TPSA) is 55.8 Å². The molecule has 0 aliphatic heterocycles. The molecule has 0 amide bonds. The second kappa shape index (κ2) is 8.39. The van der Waals surface area contributed by atoms with E-state index in [9.17, 15) is 9.18 Å². The van der Waals surface area contributed by atoms with Gasteiger partial charge in [0.1, 0.15) is 5.82 Å². The molecule has 1 aromatic carbocycles. The minimum absolute atomic E-state index is 0.193. The summed E-state index contributed by atoms with van der Waals surface area (Å²) in [6, 6.07) is 4.52. The molecule has 1 rings (SSSR count). The van der Waals surface area contributed by atoms with Gasteiger partial charge in [0.05, 0.1) is 6.61 Å². The third kappa shape index (κ3) is 6.13. The predicted octanol–water partition coefficient (Wildman–Crippen LogP) is 2.48. The fraction of sp³-hybridized carbons (Fsp3) is 0.357. The highest BCUT2D eigenvalue weighted by molar-refractivity contribution is 5.85. The van der Waals surface area contributed by atoms with E-state index in [0.29, 0.717) is 24.3 Å². The predicted molar refractivity (Wildman–Crippen MR) is 69.2 cm³/mol. The van der Waals surface area contributed by atoms with Gasteiger partial charge in [-0.3, -0.25) is 0 Å². The fourth-order valence-electron chi connectivity index (χ4n) is 1.44. The number of halogens is 1. The third-order valence-electron chi connectivity index (χ3n) is 2.39. The molecule has 5 heteroatoms. The van der Waals surface area contributed by atoms with Crippen LogP contribution in [0.25, 0.3) is 6.08 Å². The molecule has 1 N–H and O–H groups in total. The normalized spacial score (nSPS) is 11.1. The summed E-state index contributed by atoms with van der Waals surface area (Å²) in [6.07, 6.45) is 3.07. The van der Waals surface area contributed by atoms with Crippen LogP contribution in [0, 0.1) is 5.82 Å². The zero-order valence-corrected chi connectivity index (χ0v) is 10.8. The van der Waals surface area contributed by atoms with Gasteiger partial charge in [-0.2, -0.15) is 0 Å². The molecule has 0 saturated heterocycles. The zero-order chi connectivity index (χ0) is 14.1. The van der Waals surface area contributed by atoms with E-state index in [1.165, 1.54) is 12.1 Å². The van der Waals surface area contributed by atoms with Gasteiger partial charge in [-0.25, -0.2) is 9.18 Å². The molecule has 0 spiro atoms. The smallest absolute Gasteiger partial charge is 0.328 e. The number of rotatable bonds is 8. The highest BCUT2D eigenvalue weighted by Gasteiger charge is 2.03. The van der Waals surface area contributed by atoms with Gasteiger partial charge in [0.15, 0.2) is 0 Å². The van der Waals surface area contributed by atoms with Crippen molar-refractivity contribution in [3.8, 4) is 0 Å². The Balaban J connectivity index is 2.50. The molecular formula is C14H17FO4. The number of carboxylic acids is 1. The summed E-state index contributed by atoms with van der Waals surface area (Å²) in [5, 5.41) is 8.47. The molecule has 19 heavy (non-hydrogen) atoms. The van der Waals surface area contributed by atoms with Crippen LogP contribution in [0.1, 0.15) is 17.5 Å². The van der Waals surface area contributed by atoms with E-state index in [4.69, 9.17) is 14.6 Å². The summed E-state index contributed by atoms with van der Waals surface area (Å²) < 4.78 is 23.8. The Kier molecular flexibility index (Phi) is 6.78. The van der Waals surface area contributed by atoms with E-state index >= 15 is 0 Å². The van der Waals surface area contributed by atoms with Crippen molar-refractivity contribution < 1.29 is 23.8 Å². The third-order valence-corrected chi connectivity index (χ3v) is 2.39. The zero-order valence-electron chi connectivity index (χ0n) is 10.8. The van der Waals surface area contributed by atoms with E-state index in [1.54, 1.807) is 19.2 Å². The monoisotopic (exact) mass is 268 g/mol. The number of hydrogen-bond donors (Lipinski definition) is 1. The Morgan fingerprint density at radius 2 is 2.21 bits per heavy atom. The quantitative estimate of drug-likeness (QED) is 0.581. The molecule has 0 atom stereocenters. The fourth-order valence-corrected chi connectivity index (χ4v) is 1.44. The summed E-state index contributed by atoms with van der Waals surface area (Å²) in [6.45, 7) is 1.31. The molecule has 4 nitrogen and oxygen atoms in total. The maximum absolute atomic E-state index is 13.7. The van der Waals surface area contributed by atoms with Crippen LogP contribution in [0.5, 0.6) is 0 Å². The first-order valence-corrected chi connectivity index (χ1v) is 5.89. The van der Waals surface area contributed by atoms with Gasteiger partial charge in [0.25, 0.3) is 0 Å². The van der Waals surface area contributed by atoms with Crippen molar-refractivity contribution in [1.82, 2.24) is 0 Å². The molecule has 0 bridgehead atoms. The van der Waals surface area contributed by atoms with E-state index in [2.05, 4.69) is 0 Å². The number of carbonyl (C=O) groups is 1. The average molecular weight is 268 g/mol.